The van der Waals surface area contributed by atoms with Gasteiger partial charge in [0.1, 0.15) is 0 Å². The largest absolute Gasteiger partial charge is 0.481 e. The number of carboxylic acid groups (broad SMARTS) is 1. The molecule has 0 heterocycles. The second-order valence-electron chi connectivity index (χ2n) is 4.51. The zero-order valence-electron chi connectivity index (χ0n) is 10.7. The molecule has 0 spiro atoms. The van der Waals surface area contributed by atoms with Gasteiger partial charge in [-0.1, -0.05) is 44.2 Å². The van der Waals surface area contributed by atoms with Gasteiger partial charge in [0.2, 0.25) is 0 Å². The van der Waals surface area contributed by atoms with Crippen LogP contribution in [0.2, 0.25) is 0 Å². The van der Waals surface area contributed by atoms with E-state index in [1.807, 2.05) is 25.2 Å². The molecule has 0 amide bonds. The molecule has 0 aromatic heterocycles. The van der Waals surface area contributed by atoms with Gasteiger partial charge in [-0.25, -0.2) is 0 Å². The van der Waals surface area contributed by atoms with Crippen molar-refractivity contribution in [1.29, 1.82) is 0 Å². The van der Waals surface area contributed by atoms with Gasteiger partial charge in [-0.3, -0.25) is 4.79 Å². The highest BCUT2D eigenvalue weighted by Gasteiger charge is 2.11. The molecule has 2 heteroatoms. The zero-order chi connectivity index (χ0) is 12.7. The lowest BCUT2D eigenvalue weighted by Gasteiger charge is -2.07. The molecule has 0 aliphatic heterocycles. The van der Waals surface area contributed by atoms with Crippen molar-refractivity contribution in [3.63, 3.8) is 0 Å². The van der Waals surface area contributed by atoms with E-state index in [4.69, 9.17) is 5.11 Å². The highest BCUT2D eigenvalue weighted by molar-refractivity contribution is 5.73. The van der Waals surface area contributed by atoms with E-state index in [1.54, 1.807) is 6.92 Å². The van der Waals surface area contributed by atoms with Crippen LogP contribution in [0.25, 0.3) is 0 Å². The molecule has 90 valence electrons. The monoisotopic (exact) mass is 222 g/mol. The van der Waals surface area contributed by atoms with Gasteiger partial charge in [-0.15, -0.1) is 0 Å². The first-order valence-electron chi connectivity index (χ1n) is 5.61. The Morgan fingerprint density at radius 3 is 2.25 bits per heavy atom. The summed E-state index contributed by atoms with van der Waals surface area (Å²) in [6, 6.07) is 0. The highest BCUT2D eigenvalue weighted by Crippen LogP contribution is 2.14. The van der Waals surface area contributed by atoms with Gasteiger partial charge in [0, 0.05) is 0 Å². The fourth-order valence-corrected chi connectivity index (χ4v) is 1.27. The fraction of sp³-hybridized carbons (Fsp3) is 0.500. The standard InChI is InChI=1S/C14H22O2/c1-6-13(9-10(2)3)8-7-11(4)12(5)14(15)16/h6-8,10,12H,1,9H2,2-5H3,(H,15,16)/b11-7+,13-8+. The van der Waals surface area contributed by atoms with Gasteiger partial charge in [0.05, 0.1) is 5.92 Å². The van der Waals surface area contributed by atoms with E-state index >= 15 is 0 Å². The second kappa shape index (κ2) is 7.04. The molecular formula is C14H22O2. The van der Waals surface area contributed by atoms with E-state index in [-0.39, 0.29) is 0 Å². The number of carbonyl (C=O) groups is 1. The van der Waals surface area contributed by atoms with Gasteiger partial charge in [0.15, 0.2) is 0 Å². The minimum atomic E-state index is -0.786. The average molecular weight is 222 g/mol. The Bertz CT molecular complexity index is 309. The number of hydrogen-bond acceptors (Lipinski definition) is 1. The molecule has 0 bridgehead atoms. The molecule has 0 aromatic carbocycles. The van der Waals surface area contributed by atoms with Crippen LogP contribution in [-0.2, 0) is 4.79 Å². The Kier molecular flexibility index (Phi) is 6.47. The van der Waals surface area contributed by atoms with Gasteiger partial charge in [-0.2, -0.15) is 0 Å². The molecule has 0 rings (SSSR count). The predicted octanol–water partition coefficient (Wildman–Crippen LogP) is 3.81. The first-order chi connectivity index (χ1) is 7.38. The molecule has 0 saturated heterocycles. The third kappa shape index (κ3) is 5.54. The normalized spacial score (nSPS) is 15.1. The Labute approximate surface area is 98.4 Å². The number of carboxylic acids is 1. The summed E-state index contributed by atoms with van der Waals surface area (Å²) in [4.78, 5) is 10.8. The maximum absolute atomic E-state index is 10.8. The van der Waals surface area contributed by atoms with Crippen LogP contribution in [0, 0.1) is 11.8 Å². The van der Waals surface area contributed by atoms with E-state index in [1.165, 1.54) is 0 Å². The van der Waals surface area contributed by atoms with Gasteiger partial charge in [-0.05, 0) is 31.8 Å². The molecule has 0 aromatic rings. The van der Waals surface area contributed by atoms with Gasteiger partial charge >= 0.3 is 5.97 Å². The van der Waals surface area contributed by atoms with Crippen LogP contribution in [-0.4, -0.2) is 11.1 Å². The minimum absolute atomic E-state index is 0.429. The zero-order valence-corrected chi connectivity index (χ0v) is 10.7. The minimum Gasteiger partial charge on any atom is -0.481 e. The van der Waals surface area contributed by atoms with Crippen LogP contribution >= 0.6 is 0 Å². The van der Waals surface area contributed by atoms with E-state index in [0.29, 0.717) is 5.92 Å². The summed E-state index contributed by atoms with van der Waals surface area (Å²) in [6.07, 6.45) is 6.63. The van der Waals surface area contributed by atoms with Crippen molar-refractivity contribution in [3.05, 3.63) is 36.0 Å². The molecule has 2 nitrogen and oxygen atoms in total. The van der Waals surface area contributed by atoms with Crippen LogP contribution in [0.15, 0.2) is 36.0 Å². The van der Waals surface area contributed by atoms with Gasteiger partial charge in [0.25, 0.3) is 0 Å². The first kappa shape index (κ1) is 14.7. The molecule has 0 aliphatic rings. The Morgan fingerprint density at radius 1 is 1.31 bits per heavy atom. The lowest BCUT2D eigenvalue weighted by Crippen LogP contribution is -2.10. The summed E-state index contributed by atoms with van der Waals surface area (Å²) in [7, 11) is 0. The summed E-state index contributed by atoms with van der Waals surface area (Å²) in [5, 5.41) is 8.84. The van der Waals surface area contributed by atoms with Crippen LogP contribution in [0.5, 0.6) is 0 Å². The van der Waals surface area contributed by atoms with Crippen molar-refractivity contribution in [2.75, 3.05) is 0 Å². The third-order valence-corrected chi connectivity index (χ3v) is 2.52. The van der Waals surface area contributed by atoms with Crippen molar-refractivity contribution < 1.29 is 9.90 Å². The molecule has 1 atom stereocenters. The Morgan fingerprint density at radius 2 is 1.88 bits per heavy atom. The maximum Gasteiger partial charge on any atom is 0.310 e. The molecule has 1 N–H and O–H groups in total. The van der Waals surface area contributed by atoms with Crippen molar-refractivity contribution in [2.45, 2.75) is 34.1 Å². The molecular weight excluding hydrogens is 200 g/mol. The average Bonchev–Trinajstić information content (AvgIpc) is 2.21. The van der Waals surface area contributed by atoms with E-state index < -0.39 is 11.9 Å². The smallest absolute Gasteiger partial charge is 0.310 e. The molecule has 1 unspecified atom stereocenters. The van der Waals surface area contributed by atoms with Crippen LogP contribution in [0.1, 0.15) is 34.1 Å². The number of allylic oxidation sites excluding steroid dienone is 4. The number of rotatable bonds is 6. The quantitative estimate of drug-likeness (QED) is 0.694. The topological polar surface area (TPSA) is 37.3 Å². The molecule has 16 heavy (non-hydrogen) atoms. The van der Waals surface area contributed by atoms with Gasteiger partial charge < -0.3 is 5.11 Å². The summed E-state index contributed by atoms with van der Waals surface area (Å²) >= 11 is 0. The summed E-state index contributed by atoms with van der Waals surface area (Å²) < 4.78 is 0. The first-order valence-corrected chi connectivity index (χ1v) is 5.61. The lowest BCUT2D eigenvalue weighted by atomic mass is 9.99. The highest BCUT2D eigenvalue weighted by atomic mass is 16.4. The van der Waals surface area contributed by atoms with Crippen LogP contribution in [0.3, 0.4) is 0 Å². The summed E-state index contributed by atoms with van der Waals surface area (Å²) in [5.74, 6) is -0.637. The molecule has 0 radical (unpaired) electrons. The van der Waals surface area contributed by atoms with E-state index in [2.05, 4.69) is 20.4 Å². The van der Waals surface area contributed by atoms with Crippen molar-refractivity contribution in [1.82, 2.24) is 0 Å². The Balaban J connectivity index is 4.68. The van der Waals surface area contributed by atoms with Crippen molar-refractivity contribution in [3.8, 4) is 0 Å². The fourth-order valence-electron chi connectivity index (χ4n) is 1.27. The Hall–Kier alpha value is -1.31. The predicted molar refractivity (Wildman–Crippen MR) is 68.3 cm³/mol. The number of hydrogen-bond donors (Lipinski definition) is 1. The number of aliphatic carboxylic acids is 1. The summed E-state index contributed by atoms with van der Waals surface area (Å²) in [5.41, 5.74) is 2.00. The van der Waals surface area contributed by atoms with Crippen LogP contribution in [0.4, 0.5) is 0 Å². The second-order valence-corrected chi connectivity index (χ2v) is 4.51. The molecule has 0 saturated carbocycles. The maximum atomic E-state index is 10.8. The van der Waals surface area contributed by atoms with Crippen molar-refractivity contribution >= 4 is 5.97 Å². The lowest BCUT2D eigenvalue weighted by molar-refractivity contribution is -0.139. The third-order valence-electron chi connectivity index (χ3n) is 2.52. The van der Waals surface area contributed by atoms with E-state index in [9.17, 15) is 4.79 Å². The van der Waals surface area contributed by atoms with Crippen molar-refractivity contribution in [2.24, 2.45) is 11.8 Å². The molecule has 0 aliphatic carbocycles. The SMILES string of the molecule is C=C/C(=C\C=C(/C)C(C)C(=O)O)CC(C)C. The van der Waals surface area contributed by atoms with E-state index in [0.717, 1.165) is 17.6 Å². The summed E-state index contributed by atoms with van der Waals surface area (Å²) in [6.45, 7) is 11.6. The molecule has 0 fully saturated rings. The van der Waals surface area contributed by atoms with Crippen LogP contribution < -0.4 is 0 Å².